The molecule has 2 rings (SSSR count). The molecule has 0 radical (unpaired) electrons. The average Bonchev–Trinajstić information content (AvgIpc) is 3.11. The van der Waals surface area contributed by atoms with E-state index < -0.39 is 11.6 Å². The second kappa shape index (κ2) is 5.50. The van der Waals surface area contributed by atoms with Gasteiger partial charge < -0.3 is 10.2 Å². The van der Waals surface area contributed by atoms with Crippen molar-refractivity contribution in [3.8, 4) is 0 Å². The molecule has 0 saturated heterocycles. The third-order valence-corrected chi connectivity index (χ3v) is 3.04. The third kappa shape index (κ3) is 3.09. The maximum atomic E-state index is 13.7. The number of pyridine rings is 1. The Morgan fingerprint density at radius 2 is 2.11 bits per heavy atom. The van der Waals surface area contributed by atoms with Crippen molar-refractivity contribution in [3.63, 3.8) is 0 Å². The first kappa shape index (κ1) is 13.1. The van der Waals surface area contributed by atoms with Crippen LogP contribution in [-0.2, 0) is 0 Å². The molecule has 1 saturated carbocycles. The molecule has 1 aliphatic carbocycles. The molecule has 0 spiro atoms. The minimum absolute atomic E-state index is 0.135. The lowest BCUT2D eigenvalue weighted by atomic mass is 10.3. The maximum absolute atomic E-state index is 13.7. The van der Waals surface area contributed by atoms with Crippen molar-refractivity contribution in [1.29, 1.82) is 0 Å². The molecule has 1 aliphatic rings. The van der Waals surface area contributed by atoms with E-state index in [0.29, 0.717) is 12.5 Å². The summed E-state index contributed by atoms with van der Waals surface area (Å²) in [6, 6.07) is 0.906. The van der Waals surface area contributed by atoms with Gasteiger partial charge in [-0.25, -0.2) is 13.8 Å². The monoisotopic (exact) mass is 255 g/mol. The molecule has 0 atom stereocenters. The van der Waals surface area contributed by atoms with Gasteiger partial charge in [-0.1, -0.05) is 6.92 Å². The fourth-order valence-corrected chi connectivity index (χ4v) is 1.87. The number of hydrogen-bond acceptors (Lipinski definition) is 3. The summed E-state index contributed by atoms with van der Waals surface area (Å²) in [6.07, 6.45) is 3.24. The molecular weight excluding hydrogens is 236 g/mol. The molecule has 5 heteroatoms. The molecule has 18 heavy (non-hydrogen) atoms. The van der Waals surface area contributed by atoms with Gasteiger partial charge in [0.2, 0.25) is 0 Å². The first-order valence-corrected chi connectivity index (χ1v) is 6.42. The highest BCUT2D eigenvalue weighted by molar-refractivity contribution is 5.49. The molecule has 3 nitrogen and oxygen atoms in total. The molecule has 1 fully saturated rings. The van der Waals surface area contributed by atoms with E-state index in [1.807, 2.05) is 6.92 Å². The van der Waals surface area contributed by atoms with Gasteiger partial charge >= 0.3 is 0 Å². The first-order chi connectivity index (χ1) is 8.61. The molecule has 0 aliphatic heterocycles. The highest BCUT2D eigenvalue weighted by Crippen LogP contribution is 2.31. The summed E-state index contributed by atoms with van der Waals surface area (Å²) in [4.78, 5) is 5.82. The molecule has 0 unspecified atom stereocenters. The molecule has 1 aromatic heterocycles. The van der Waals surface area contributed by atoms with Gasteiger partial charge in [0.15, 0.2) is 23.3 Å². The van der Waals surface area contributed by atoms with Gasteiger partial charge in [-0.05, 0) is 25.2 Å². The Kier molecular flexibility index (Phi) is 3.99. The van der Waals surface area contributed by atoms with E-state index in [-0.39, 0.29) is 11.6 Å². The Morgan fingerprint density at radius 3 is 2.72 bits per heavy atom. The van der Waals surface area contributed by atoms with Crippen molar-refractivity contribution < 1.29 is 8.78 Å². The standard InChI is InChI=1S/C13H19F2N3/c1-3-6-16-12-10(14)7-11(15)13(17-12)18(2)8-9-4-5-9/h7,9H,3-6,8H2,1-2H3,(H,16,17). The second-order valence-electron chi connectivity index (χ2n) is 4.87. The number of anilines is 2. The summed E-state index contributed by atoms with van der Waals surface area (Å²) in [5.74, 6) is -0.242. The highest BCUT2D eigenvalue weighted by Gasteiger charge is 2.25. The van der Waals surface area contributed by atoms with E-state index in [2.05, 4.69) is 10.3 Å². The quantitative estimate of drug-likeness (QED) is 0.847. The number of halogens is 2. The van der Waals surface area contributed by atoms with Crippen LogP contribution < -0.4 is 10.2 Å². The third-order valence-electron chi connectivity index (χ3n) is 3.04. The lowest BCUT2D eigenvalue weighted by molar-refractivity contribution is 0.570. The predicted octanol–water partition coefficient (Wildman–Crippen LogP) is 3.03. The van der Waals surface area contributed by atoms with E-state index in [4.69, 9.17) is 0 Å². The summed E-state index contributed by atoms with van der Waals surface area (Å²) in [5.41, 5.74) is 0. The van der Waals surface area contributed by atoms with Gasteiger partial charge in [0.05, 0.1) is 0 Å². The summed E-state index contributed by atoms with van der Waals surface area (Å²) in [7, 11) is 1.80. The number of hydrogen-bond donors (Lipinski definition) is 1. The zero-order valence-electron chi connectivity index (χ0n) is 10.8. The lowest BCUT2D eigenvalue weighted by Gasteiger charge is -2.19. The highest BCUT2D eigenvalue weighted by atomic mass is 19.1. The van der Waals surface area contributed by atoms with Gasteiger partial charge in [0, 0.05) is 26.2 Å². The van der Waals surface area contributed by atoms with Gasteiger partial charge in [-0.15, -0.1) is 0 Å². The summed E-state index contributed by atoms with van der Waals surface area (Å²) >= 11 is 0. The van der Waals surface area contributed by atoms with Crippen molar-refractivity contribution in [2.75, 3.05) is 30.4 Å². The fourth-order valence-electron chi connectivity index (χ4n) is 1.87. The SMILES string of the molecule is CCCNc1nc(N(C)CC2CC2)c(F)cc1F. The zero-order valence-corrected chi connectivity index (χ0v) is 10.8. The average molecular weight is 255 g/mol. The van der Waals surface area contributed by atoms with Crippen molar-refractivity contribution in [1.82, 2.24) is 4.98 Å². The van der Waals surface area contributed by atoms with Crippen molar-refractivity contribution in [2.45, 2.75) is 26.2 Å². The van der Waals surface area contributed by atoms with E-state index in [0.717, 1.165) is 19.0 Å². The lowest BCUT2D eigenvalue weighted by Crippen LogP contribution is -2.23. The smallest absolute Gasteiger partial charge is 0.168 e. The fraction of sp³-hybridized carbons (Fsp3) is 0.615. The van der Waals surface area contributed by atoms with Crippen molar-refractivity contribution in [2.24, 2.45) is 5.92 Å². The molecule has 1 N–H and O–H groups in total. The van der Waals surface area contributed by atoms with Crippen LogP contribution >= 0.6 is 0 Å². The van der Waals surface area contributed by atoms with Crippen LogP contribution in [0.1, 0.15) is 26.2 Å². The minimum Gasteiger partial charge on any atom is -0.368 e. The van der Waals surface area contributed by atoms with E-state index in [1.165, 1.54) is 12.8 Å². The van der Waals surface area contributed by atoms with E-state index in [9.17, 15) is 8.78 Å². The summed E-state index contributed by atoms with van der Waals surface area (Å²) < 4.78 is 27.2. The van der Waals surface area contributed by atoms with Gasteiger partial charge in [0.1, 0.15) is 0 Å². The Hall–Kier alpha value is -1.39. The van der Waals surface area contributed by atoms with Crippen LogP contribution in [0.5, 0.6) is 0 Å². The molecular formula is C13H19F2N3. The Morgan fingerprint density at radius 1 is 1.39 bits per heavy atom. The summed E-state index contributed by atoms with van der Waals surface area (Å²) in [6.45, 7) is 3.39. The topological polar surface area (TPSA) is 28.2 Å². The largest absolute Gasteiger partial charge is 0.368 e. The van der Waals surface area contributed by atoms with Crippen LogP contribution in [0.15, 0.2) is 6.07 Å². The van der Waals surface area contributed by atoms with Gasteiger partial charge in [0.25, 0.3) is 0 Å². The molecule has 1 heterocycles. The van der Waals surface area contributed by atoms with Crippen LogP contribution in [0.3, 0.4) is 0 Å². The number of nitrogens with zero attached hydrogens (tertiary/aromatic N) is 2. The normalized spacial score (nSPS) is 14.7. The molecule has 0 aromatic carbocycles. The Balaban J connectivity index is 2.16. The Bertz CT molecular complexity index is 419. The molecule has 1 aromatic rings. The molecule has 0 amide bonds. The van der Waals surface area contributed by atoms with Crippen LogP contribution in [0.4, 0.5) is 20.4 Å². The van der Waals surface area contributed by atoms with E-state index in [1.54, 1.807) is 11.9 Å². The number of nitrogens with one attached hydrogen (secondary N) is 1. The second-order valence-corrected chi connectivity index (χ2v) is 4.87. The van der Waals surface area contributed by atoms with Crippen LogP contribution in [-0.4, -0.2) is 25.1 Å². The number of rotatable bonds is 6. The van der Waals surface area contributed by atoms with E-state index >= 15 is 0 Å². The molecule has 100 valence electrons. The van der Waals surface area contributed by atoms with Crippen LogP contribution in [0.2, 0.25) is 0 Å². The molecule has 0 bridgehead atoms. The summed E-state index contributed by atoms with van der Waals surface area (Å²) in [5, 5.41) is 2.87. The van der Waals surface area contributed by atoms with Gasteiger partial charge in [-0.3, -0.25) is 0 Å². The maximum Gasteiger partial charge on any atom is 0.168 e. The van der Waals surface area contributed by atoms with Crippen LogP contribution in [0.25, 0.3) is 0 Å². The van der Waals surface area contributed by atoms with Gasteiger partial charge in [-0.2, -0.15) is 0 Å². The zero-order chi connectivity index (χ0) is 13.1. The first-order valence-electron chi connectivity index (χ1n) is 6.42. The number of aromatic nitrogens is 1. The Labute approximate surface area is 106 Å². The van der Waals surface area contributed by atoms with Crippen LogP contribution in [0, 0.1) is 17.6 Å². The van der Waals surface area contributed by atoms with Crippen molar-refractivity contribution in [3.05, 3.63) is 17.7 Å². The predicted molar refractivity (Wildman–Crippen MR) is 68.9 cm³/mol. The minimum atomic E-state index is -0.635. The van der Waals surface area contributed by atoms with Crippen molar-refractivity contribution >= 4 is 11.6 Å².